The second kappa shape index (κ2) is 5.32. The third-order valence-electron chi connectivity index (χ3n) is 3.08. The van der Waals surface area contributed by atoms with E-state index in [0.717, 1.165) is 0 Å². The minimum absolute atomic E-state index is 0.0927. The fourth-order valence-electron chi connectivity index (χ4n) is 1.75. The van der Waals surface area contributed by atoms with E-state index in [-0.39, 0.29) is 25.5 Å². The van der Waals surface area contributed by atoms with Crippen molar-refractivity contribution in [3.8, 4) is 0 Å². The largest absolute Gasteiger partial charge is 0.465 e. The average molecular weight is 279 g/mol. The molecule has 1 fully saturated rings. The predicted octanol–water partition coefficient (Wildman–Crippen LogP) is 0.625. The molecule has 2 amide bonds. The fourth-order valence-corrected chi connectivity index (χ4v) is 1.81. The SMILES string of the molecule is CC(C)(Cl)C(=O)NCC1(O)CCN(C(=O)O)CC1. The smallest absolute Gasteiger partial charge is 0.407 e. The van der Waals surface area contributed by atoms with Crippen LogP contribution in [0.2, 0.25) is 0 Å². The predicted molar refractivity (Wildman–Crippen MR) is 66.7 cm³/mol. The Balaban J connectivity index is 2.44. The van der Waals surface area contributed by atoms with Crippen LogP contribution in [0, 0.1) is 0 Å². The quantitative estimate of drug-likeness (QED) is 0.661. The Hall–Kier alpha value is -1.01. The topological polar surface area (TPSA) is 89.9 Å². The molecule has 3 N–H and O–H groups in total. The molecule has 1 aliphatic rings. The van der Waals surface area contributed by atoms with E-state index in [2.05, 4.69) is 5.32 Å². The summed E-state index contributed by atoms with van der Waals surface area (Å²) in [7, 11) is 0. The Labute approximate surface area is 111 Å². The Morgan fingerprint density at radius 2 is 1.89 bits per heavy atom. The van der Waals surface area contributed by atoms with Crippen LogP contribution < -0.4 is 5.32 Å². The Morgan fingerprint density at radius 3 is 2.28 bits per heavy atom. The lowest BCUT2D eigenvalue weighted by molar-refractivity contribution is -0.124. The van der Waals surface area contributed by atoms with Gasteiger partial charge in [0.05, 0.1) is 5.60 Å². The van der Waals surface area contributed by atoms with E-state index in [9.17, 15) is 14.7 Å². The molecular formula is C11H19ClN2O4. The molecule has 1 saturated heterocycles. The second-order valence-corrected chi connectivity index (χ2v) is 6.09. The molecule has 0 aliphatic carbocycles. The number of nitrogens with one attached hydrogen (secondary N) is 1. The number of nitrogens with zero attached hydrogens (tertiary/aromatic N) is 1. The summed E-state index contributed by atoms with van der Waals surface area (Å²) < 4.78 is 0. The first-order chi connectivity index (χ1) is 8.14. The van der Waals surface area contributed by atoms with Gasteiger partial charge in [-0.3, -0.25) is 4.79 Å². The highest BCUT2D eigenvalue weighted by Crippen LogP contribution is 2.22. The number of alkyl halides is 1. The number of hydrogen-bond acceptors (Lipinski definition) is 3. The first-order valence-corrected chi connectivity index (χ1v) is 6.19. The number of aliphatic hydroxyl groups is 1. The van der Waals surface area contributed by atoms with Crippen LogP contribution in [0.1, 0.15) is 26.7 Å². The Kier molecular flexibility index (Phi) is 4.45. The van der Waals surface area contributed by atoms with E-state index < -0.39 is 16.6 Å². The van der Waals surface area contributed by atoms with Gasteiger partial charge >= 0.3 is 6.09 Å². The van der Waals surface area contributed by atoms with Crippen LogP contribution in [-0.4, -0.2) is 57.2 Å². The summed E-state index contributed by atoms with van der Waals surface area (Å²) in [5.74, 6) is -0.349. The molecule has 0 atom stereocenters. The number of carboxylic acid groups (broad SMARTS) is 1. The van der Waals surface area contributed by atoms with E-state index >= 15 is 0 Å². The van der Waals surface area contributed by atoms with Gasteiger partial charge in [0.15, 0.2) is 0 Å². The number of halogens is 1. The molecule has 0 aromatic carbocycles. The molecule has 1 rings (SSSR count). The second-order valence-electron chi connectivity index (χ2n) is 5.15. The first-order valence-electron chi connectivity index (χ1n) is 5.81. The molecular weight excluding hydrogens is 260 g/mol. The molecule has 0 aromatic rings. The van der Waals surface area contributed by atoms with E-state index in [0.29, 0.717) is 12.8 Å². The number of carbonyl (C=O) groups excluding carboxylic acids is 1. The van der Waals surface area contributed by atoms with Crippen molar-refractivity contribution in [2.75, 3.05) is 19.6 Å². The van der Waals surface area contributed by atoms with Gasteiger partial charge in [-0.1, -0.05) is 0 Å². The molecule has 0 bridgehead atoms. The van der Waals surface area contributed by atoms with Gasteiger partial charge < -0.3 is 20.4 Å². The van der Waals surface area contributed by atoms with Gasteiger partial charge in [0.25, 0.3) is 0 Å². The zero-order valence-electron chi connectivity index (χ0n) is 10.6. The van der Waals surface area contributed by atoms with Gasteiger partial charge in [0, 0.05) is 19.6 Å². The lowest BCUT2D eigenvalue weighted by Crippen LogP contribution is -2.53. The summed E-state index contributed by atoms with van der Waals surface area (Å²) in [6.07, 6.45) is -0.368. The maximum absolute atomic E-state index is 11.6. The molecule has 0 radical (unpaired) electrons. The summed E-state index contributed by atoms with van der Waals surface area (Å²) in [4.78, 5) is 22.5. The Bertz CT molecular complexity index is 332. The van der Waals surface area contributed by atoms with Crippen LogP contribution in [0.15, 0.2) is 0 Å². The van der Waals surface area contributed by atoms with Crippen LogP contribution in [-0.2, 0) is 4.79 Å². The normalized spacial score (nSPS) is 19.4. The summed E-state index contributed by atoms with van der Waals surface area (Å²) in [5, 5.41) is 21.6. The van der Waals surface area contributed by atoms with E-state index in [4.69, 9.17) is 16.7 Å². The van der Waals surface area contributed by atoms with Gasteiger partial charge in [0.2, 0.25) is 5.91 Å². The third kappa shape index (κ3) is 4.03. The minimum atomic E-state index is -1.05. The highest BCUT2D eigenvalue weighted by atomic mass is 35.5. The van der Waals surface area contributed by atoms with Crippen LogP contribution in [0.3, 0.4) is 0 Å². The molecule has 18 heavy (non-hydrogen) atoms. The molecule has 1 heterocycles. The third-order valence-corrected chi connectivity index (χ3v) is 3.25. The number of likely N-dealkylation sites (tertiary alicyclic amines) is 1. The van der Waals surface area contributed by atoms with Crippen molar-refractivity contribution in [3.63, 3.8) is 0 Å². The highest BCUT2D eigenvalue weighted by Gasteiger charge is 2.35. The van der Waals surface area contributed by atoms with Crippen molar-refractivity contribution in [2.24, 2.45) is 0 Å². The van der Waals surface area contributed by atoms with Crippen molar-refractivity contribution >= 4 is 23.6 Å². The van der Waals surface area contributed by atoms with Crippen LogP contribution >= 0.6 is 11.6 Å². The van der Waals surface area contributed by atoms with Gasteiger partial charge in [0.1, 0.15) is 4.87 Å². The van der Waals surface area contributed by atoms with Crippen molar-refractivity contribution in [2.45, 2.75) is 37.2 Å². The molecule has 0 spiro atoms. The molecule has 0 unspecified atom stereocenters. The molecule has 104 valence electrons. The summed E-state index contributed by atoms with van der Waals surface area (Å²) in [5.41, 5.74) is -1.05. The average Bonchev–Trinajstić information content (AvgIpc) is 2.25. The lowest BCUT2D eigenvalue weighted by Gasteiger charge is -2.37. The number of amides is 2. The molecule has 6 nitrogen and oxygen atoms in total. The Morgan fingerprint density at radius 1 is 1.39 bits per heavy atom. The van der Waals surface area contributed by atoms with Crippen LogP contribution in [0.5, 0.6) is 0 Å². The summed E-state index contributed by atoms with van der Waals surface area (Å²) in [6.45, 7) is 3.77. The summed E-state index contributed by atoms with van der Waals surface area (Å²) in [6, 6.07) is 0. The molecule has 0 saturated carbocycles. The standard InChI is InChI=1S/C11H19ClN2O4/c1-10(2,12)8(15)13-7-11(18)3-5-14(6-4-11)9(16)17/h18H,3-7H2,1-2H3,(H,13,15)(H,16,17). The van der Waals surface area contributed by atoms with Gasteiger partial charge in [-0.15, -0.1) is 11.6 Å². The molecule has 0 aromatic heterocycles. The van der Waals surface area contributed by atoms with Crippen LogP contribution in [0.4, 0.5) is 4.79 Å². The zero-order chi connectivity index (χ0) is 14.0. The van der Waals surface area contributed by atoms with Crippen LogP contribution in [0.25, 0.3) is 0 Å². The van der Waals surface area contributed by atoms with E-state index in [1.807, 2.05) is 0 Å². The minimum Gasteiger partial charge on any atom is -0.465 e. The van der Waals surface area contributed by atoms with Crippen molar-refractivity contribution in [1.29, 1.82) is 0 Å². The number of hydrogen-bond donors (Lipinski definition) is 3. The maximum atomic E-state index is 11.6. The maximum Gasteiger partial charge on any atom is 0.407 e. The van der Waals surface area contributed by atoms with Gasteiger partial charge in [-0.05, 0) is 26.7 Å². The van der Waals surface area contributed by atoms with Crippen molar-refractivity contribution in [3.05, 3.63) is 0 Å². The fraction of sp³-hybridized carbons (Fsp3) is 0.818. The number of rotatable bonds is 3. The molecule has 7 heteroatoms. The zero-order valence-corrected chi connectivity index (χ0v) is 11.3. The summed E-state index contributed by atoms with van der Waals surface area (Å²) >= 11 is 5.83. The highest BCUT2D eigenvalue weighted by molar-refractivity contribution is 6.34. The number of piperidine rings is 1. The molecule has 1 aliphatic heterocycles. The van der Waals surface area contributed by atoms with E-state index in [1.165, 1.54) is 4.90 Å². The number of carbonyl (C=O) groups is 2. The first kappa shape index (κ1) is 15.0. The van der Waals surface area contributed by atoms with Gasteiger partial charge in [-0.25, -0.2) is 4.79 Å². The van der Waals surface area contributed by atoms with Gasteiger partial charge in [-0.2, -0.15) is 0 Å². The van der Waals surface area contributed by atoms with Crippen molar-refractivity contribution < 1.29 is 19.8 Å². The monoisotopic (exact) mass is 278 g/mol. The van der Waals surface area contributed by atoms with Crippen molar-refractivity contribution in [1.82, 2.24) is 10.2 Å². The lowest BCUT2D eigenvalue weighted by atomic mass is 9.91. The van der Waals surface area contributed by atoms with E-state index in [1.54, 1.807) is 13.8 Å².